The number of hydrogen-bond acceptors (Lipinski definition) is 6. The van der Waals surface area contributed by atoms with Gasteiger partial charge in [0.25, 0.3) is 0 Å². The van der Waals surface area contributed by atoms with Crippen LogP contribution in [0.4, 0.5) is 5.82 Å². The van der Waals surface area contributed by atoms with Gasteiger partial charge in [0.05, 0.1) is 5.69 Å². The summed E-state index contributed by atoms with van der Waals surface area (Å²) in [6.45, 7) is 0. The van der Waals surface area contributed by atoms with Crippen LogP contribution in [0.5, 0.6) is 12.0 Å². The Morgan fingerprint density at radius 1 is 1.00 bits per heavy atom. The first-order chi connectivity index (χ1) is 9.31. The molecule has 3 rings (SSSR count). The molecule has 0 radical (unpaired) electrons. The number of aromatic nitrogens is 5. The summed E-state index contributed by atoms with van der Waals surface area (Å²) in [4.78, 5) is 11.8. The summed E-state index contributed by atoms with van der Waals surface area (Å²) in [5.74, 6) is 0.326. The smallest absolute Gasteiger partial charge is 0.343 e. The Balaban J connectivity index is 1.82. The molecule has 1 aromatic carbocycles. The molecule has 0 saturated carbocycles. The molecule has 0 aliphatic carbocycles. The maximum absolute atomic E-state index is 5.53. The number of ether oxygens (including phenoxy) is 1. The zero-order chi connectivity index (χ0) is 13.1. The molecule has 94 valence electrons. The molecule has 2 N–H and O–H groups in total. The van der Waals surface area contributed by atoms with Crippen molar-refractivity contribution >= 4 is 5.82 Å². The molecule has 3 aromatic rings. The van der Waals surface area contributed by atoms with E-state index in [0.29, 0.717) is 5.82 Å². The second-order valence-corrected chi connectivity index (χ2v) is 3.67. The molecule has 0 aliphatic heterocycles. The van der Waals surface area contributed by atoms with Crippen molar-refractivity contribution in [2.75, 3.05) is 5.73 Å². The van der Waals surface area contributed by atoms with Gasteiger partial charge in [-0.3, -0.25) is 0 Å². The van der Waals surface area contributed by atoms with Gasteiger partial charge in [-0.1, -0.05) is 18.2 Å². The normalized spacial score (nSPS) is 10.3. The first-order valence-electron chi connectivity index (χ1n) is 5.55. The Morgan fingerprint density at radius 3 is 2.63 bits per heavy atom. The fourth-order valence-corrected chi connectivity index (χ4v) is 1.48. The van der Waals surface area contributed by atoms with Crippen LogP contribution in [0.2, 0.25) is 0 Å². The van der Waals surface area contributed by atoms with Crippen LogP contribution in [0.15, 0.2) is 48.9 Å². The number of rotatable bonds is 3. The number of para-hydroxylation sites is 1. The van der Waals surface area contributed by atoms with E-state index in [1.54, 1.807) is 17.1 Å². The maximum atomic E-state index is 5.53. The largest absolute Gasteiger partial charge is 0.387 e. The highest BCUT2D eigenvalue weighted by atomic mass is 16.5. The van der Waals surface area contributed by atoms with Gasteiger partial charge in [0.15, 0.2) is 0 Å². The summed E-state index contributed by atoms with van der Waals surface area (Å²) in [6, 6.07) is 11.4. The first kappa shape index (κ1) is 11.1. The van der Waals surface area contributed by atoms with Crippen molar-refractivity contribution in [3.05, 3.63) is 48.9 Å². The Kier molecular flexibility index (Phi) is 2.77. The number of anilines is 1. The van der Waals surface area contributed by atoms with Crippen LogP contribution >= 0.6 is 0 Å². The van der Waals surface area contributed by atoms with Crippen molar-refractivity contribution in [1.29, 1.82) is 0 Å². The predicted molar refractivity (Wildman–Crippen MR) is 67.9 cm³/mol. The Hall–Kier alpha value is -2.96. The molecule has 0 aliphatic rings. The SMILES string of the molecule is Nc1ccnc(Oc2ncn(-c3ccccc3)n2)n1. The summed E-state index contributed by atoms with van der Waals surface area (Å²) in [5.41, 5.74) is 6.42. The summed E-state index contributed by atoms with van der Waals surface area (Å²) in [6.07, 6.45) is 3.06. The van der Waals surface area contributed by atoms with Gasteiger partial charge in [-0.05, 0) is 18.2 Å². The highest BCUT2D eigenvalue weighted by molar-refractivity contribution is 5.30. The van der Waals surface area contributed by atoms with Gasteiger partial charge in [-0.15, -0.1) is 5.10 Å². The highest BCUT2D eigenvalue weighted by Crippen LogP contribution is 2.14. The van der Waals surface area contributed by atoms with Crippen molar-refractivity contribution in [2.24, 2.45) is 0 Å². The molecule has 19 heavy (non-hydrogen) atoms. The molecule has 7 heteroatoms. The fourth-order valence-electron chi connectivity index (χ4n) is 1.48. The van der Waals surface area contributed by atoms with E-state index in [4.69, 9.17) is 10.5 Å². The number of nitrogens with zero attached hydrogens (tertiary/aromatic N) is 5. The summed E-state index contributed by atoms with van der Waals surface area (Å²) in [7, 11) is 0. The summed E-state index contributed by atoms with van der Waals surface area (Å²) in [5, 5.41) is 4.17. The van der Waals surface area contributed by atoms with E-state index in [-0.39, 0.29) is 12.0 Å². The quantitative estimate of drug-likeness (QED) is 0.760. The van der Waals surface area contributed by atoms with E-state index < -0.39 is 0 Å². The van der Waals surface area contributed by atoms with Gasteiger partial charge in [0.1, 0.15) is 12.1 Å². The van der Waals surface area contributed by atoms with Crippen molar-refractivity contribution in [3.8, 4) is 17.7 Å². The van der Waals surface area contributed by atoms with Crippen LogP contribution in [0, 0.1) is 0 Å². The number of hydrogen-bond donors (Lipinski definition) is 1. The third kappa shape index (κ3) is 2.49. The summed E-state index contributed by atoms with van der Waals surface area (Å²) < 4.78 is 6.91. The number of nitrogens with two attached hydrogens (primary N) is 1. The Morgan fingerprint density at radius 2 is 1.84 bits per heavy atom. The summed E-state index contributed by atoms with van der Waals surface area (Å²) >= 11 is 0. The first-order valence-corrected chi connectivity index (χ1v) is 5.55. The lowest BCUT2D eigenvalue weighted by Gasteiger charge is -1.99. The molecule has 0 amide bonds. The zero-order valence-electron chi connectivity index (χ0n) is 9.84. The molecule has 0 saturated heterocycles. The van der Waals surface area contributed by atoms with Gasteiger partial charge in [-0.2, -0.15) is 9.97 Å². The second-order valence-electron chi connectivity index (χ2n) is 3.67. The molecule has 2 aromatic heterocycles. The van der Waals surface area contributed by atoms with E-state index in [9.17, 15) is 0 Å². The van der Waals surface area contributed by atoms with E-state index in [2.05, 4.69) is 20.1 Å². The van der Waals surface area contributed by atoms with E-state index in [0.717, 1.165) is 5.69 Å². The minimum atomic E-state index is 0.116. The van der Waals surface area contributed by atoms with E-state index >= 15 is 0 Å². The third-order valence-corrected chi connectivity index (χ3v) is 2.33. The highest BCUT2D eigenvalue weighted by Gasteiger charge is 2.06. The zero-order valence-corrected chi connectivity index (χ0v) is 9.84. The molecular weight excluding hydrogens is 244 g/mol. The standard InChI is InChI=1S/C12H10N6O/c13-10-6-7-14-11(16-10)19-12-15-8-18(17-12)9-4-2-1-3-5-9/h1-8H,(H2,13,14,16). The van der Waals surface area contributed by atoms with Gasteiger partial charge >= 0.3 is 12.0 Å². The fraction of sp³-hybridized carbons (Fsp3) is 0. The van der Waals surface area contributed by atoms with Crippen LogP contribution in [-0.4, -0.2) is 24.7 Å². The minimum absolute atomic E-state index is 0.116. The van der Waals surface area contributed by atoms with E-state index in [1.807, 2.05) is 30.3 Å². The van der Waals surface area contributed by atoms with Crippen molar-refractivity contribution in [3.63, 3.8) is 0 Å². The van der Waals surface area contributed by atoms with Gasteiger partial charge in [0.2, 0.25) is 0 Å². The Bertz CT molecular complexity index is 681. The van der Waals surface area contributed by atoms with Gasteiger partial charge < -0.3 is 10.5 Å². The van der Waals surface area contributed by atoms with Gasteiger partial charge in [-0.25, -0.2) is 9.67 Å². The molecular formula is C12H10N6O. The Labute approximate surface area is 108 Å². The molecule has 0 fully saturated rings. The van der Waals surface area contributed by atoms with Crippen LogP contribution < -0.4 is 10.5 Å². The van der Waals surface area contributed by atoms with E-state index in [1.165, 1.54) is 6.20 Å². The monoisotopic (exact) mass is 254 g/mol. The molecule has 0 atom stereocenters. The molecule has 0 spiro atoms. The lowest BCUT2D eigenvalue weighted by molar-refractivity contribution is 0.407. The minimum Gasteiger partial charge on any atom is -0.387 e. The number of benzene rings is 1. The molecule has 7 nitrogen and oxygen atoms in total. The topological polar surface area (TPSA) is 91.7 Å². The van der Waals surface area contributed by atoms with Crippen LogP contribution in [-0.2, 0) is 0 Å². The lowest BCUT2D eigenvalue weighted by atomic mass is 10.3. The van der Waals surface area contributed by atoms with Crippen molar-refractivity contribution in [1.82, 2.24) is 24.7 Å². The van der Waals surface area contributed by atoms with Gasteiger partial charge in [0, 0.05) is 6.20 Å². The molecule has 0 bridgehead atoms. The number of nitrogen functional groups attached to an aromatic ring is 1. The molecule has 0 unspecified atom stereocenters. The molecule has 2 heterocycles. The third-order valence-electron chi connectivity index (χ3n) is 2.33. The van der Waals surface area contributed by atoms with Crippen molar-refractivity contribution < 1.29 is 4.74 Å². The predicted octanol–water partition coefficient (Wildman–Crippen LogP) is 1.43. The van der Waals surface area contributed by atoms with Crippen molar-refractivity contribution in [2.45, 2.75) is 0 Å². The van der Waals surface area contributed by atoms with Crippen LogP contribution in [0.3, 0.4) is 0 Å². The van der Waals surface area contributed by atoms with Crippen LogP contribution in [0.1, 0.15) is 0 Å². The van der Waals surface area contributed by atoms with Crippen LogP contribution in [0.25, 0.3) is 5.69 Å². The second kappa shape index (κ2) is 4.73. The average molecular weight is 254 g/mol. The lowest BCUT2D eigenvalue weighted by Crippen LogP contribution is -1.98. The average Bonchev–Trinajstić information content (AvgIpc) is 2.88. The maximum Gasteiger partial charge on any atom is 0.343 e.